The molecule has 1 aromatic rings. The first-order valence-corrected chi connectivity index (χ1v) is 7.20. The summed E-state index contributed by atoms with van der Waals surface area (Å²) in [7, 11) is 0. The van der Waals surface area contributed by atoms with Crippen LogP contribution in [-0.4, -0.2) is 42.9 Å². The van der Waals surface area contributed by atoms with Gasteiger partial charge in [0.25, 0.3) is 5.91 Å². The minimum atomic E-state index is -0.238. The van der Waals surface area contributed by atoms with E-state index in [0.717, 1.165) is 0 Å². The highest BCUT2D eigenvalue weighted by atomic mass is 16.2. The fraction of sp³-hybridized carbons (Fsp3) is 0.500. The number of hydrogen-bond acceptors (Lipinski definition) is 3. The molecule has 0 aliphatic rings. The Bertz CT molecular complexity index is 472. The molecule has 21 heavy (non-hydrogen) atoms. The molecule has 0 radical (unpaired) electrons. The van der Waals surface area contributed by atoms with E-state index in [2.05, 4.69) is 5.32 Å². The maximum Gasteiger partial charge on any atom is 0.251 e. The van der Waals surface area contributed by atoms with Gasteiger partial charge in [0.15, 0.2) is 0 Å². The summed E-state index contributed by atoms with van der Waals surface area (Å²) in [6, 6.07) is 8.86. The number of likely N-dealkylation sites (N-methyl/N-ethyl adjacent to an activating group) is 1. The molecule has 116 valence electrons. The molecular formula is C16H25N3O2. The summed E-state index contributed by atoms with van der Waals surface area (Å²) < 4.78 is 0. The van der Waals surface area contributed by atoms with Crippen LogP contribution in [0.1, 0.15) is 31.1 Å². The molecule has 0 saturated carbocycles. The van der Waals surface area contributed by atoms with Crippen molar-refractivity contribution in [2.75, 3.05) is 26.2 Å². The van der Waals surface area contributed by atoms with Crippen LogP contribution in [0.3, 0.4) is 0 Å². The van der Waals surface area contributed by atoms with Gasteiger partial charge in [-0.3, -0.25) is 9.59 Å². The summed E-state index contributed by atoms with van der Waals surface area (Å²) in [5.74, 6) is -0.332. The third-order valence-electron chi connectivity index (χ3n) is 3.34. The second kappa shape index (κ2) is 7.78. The van der Waals surface area contributed by atoms with Gasteiger partial charge in [0.2, 0.25) is 5.91 Å². The zero-order valence-corrected chi connectivity index (χ0v) is 13.1. The number of carbonyl (C=O) groups is 2. The third-order valence-corrected chi connectivity index (χ3v) is 3.34. The Labute approximate surface area is 126 Å². The molecule has 2 amide bonds. The zero-order valence-electron chi connectivity index (χ0n) is 13.1. The monoisotopic (exact) mass is 291 g/mol. The number of nitrogens with one attached hydrogen (secondary N) is 1. The highest BCUT2D eigenvalue weighted by Crippen LogP contribution is 2.14. The highest BCUT2D eigenvalue weighted by molar-refractivity contribution is 5.96. The van der Waals surface area contributed by atoms with Crippen LogP contribution in [0.5, 0.6) is 0 Å². The van der Waals surface area contributed by atoms with Gasteiger partial charge in [-0.15, -0.1) is 0 Å². The smallest absolute Gasteiger partial charge is 0.251 e. The lowest BCUT2D eigenvalue weighted by molar-refractivity contribution is -0.131. The molecule has 0 aromatic heterocycles. The molecule has 0 fully saturated rings. The molecule has 0 saturated heterocycles. The largest absolute Gasteiger partial charge is 0.343 e. The SMILES string of the molecule is CCN(CC(C)(C)CN)C(=O)CNC(=O)c1ccccc1. The van der Waals surface area contributed by atoms with E-state index in [1.165, 1.54) is 0 Å². The number of hydrogen-bond donors (Lipinski definition) is 2. The Kier molecular flexibility index (Phi) is 6.37. The van der Waals surface area contributed by atoms with E-state index in [4.69, 9.17) is 5.73 Å². The summed E-state index contributed by atoms with van der Waals surface area (Å²) in [6.45, 7) is 7.65. The normalized spacial score (nSPS) is 11.0. The number of nitrogens with two attached hydrogens (primary N) is 1. The summed E-state index contributed by atoms with van der Waals surface area (Å²) in [5, 5.41) is 2.66. The molecule has 0 bridgehead atoms. The summed E-state index contributed by atoms with van der Waals surface area (Å²) in [4.78, 5) is 25.8. The predicted molar refractivity (Wildman–Crippen MR) is 83.9 cm³/mol. The first-order valence-electron chi connectivity index (χ1n) is 7.20. The van der Waals surface area contributed by atoms with Crippen molar-refractivity contribution >= 4 is 11.8 Å². The maximum absolute atomic E-state index is 12.2. The molecule has 5 nitrogen and oxygen atoms in total. The molecule has 0 spiro atoms. The van der Waals surface area contributed by atoms with E-state index in [1.54, 1.807) is 29.2 Å². The lowest BCUT2D eigenvalue weighted by Crippen LogP contribution is -2.45. The highest BCUT2D eigenvalue weighted by Gasteiger charge is 2.22. The Hall–Kier alpha value is -1.88. The summed E-state index contributed by atoms with van der Waals surface area (Å²) >= 11 is 0. The number of rotatable bonds is 7. The van der Waals surface area contributed by atoms with Crippen LogP contribution in [0.15, 0.2) is 30.3 Å². The molecule has 0 aliphatic heterocycles. The van der Waals surface area contributed by atoms with E-state index in [-0.39, 0.29) is 23.8 Å². The molecule has 0 atom stereocenters. The van der Waals surface area contributed by atoms with Crippen molar-refractivity contribution in [3.8, 4) is 0 Å². The van der Waals surface area contributed by atoms with Crippen LogP contribution >= 0.6 is 0 Å². The van der Waals surface area contributed by atoms with Gasteiger partial charge < -0.3 is 16.0 Å². The van der Waals surface area contributed by atoms with Gasteiger partial charge in [0, 0.05) is 18.7 Å². The minimum Gasteiger partial charge on any atom is -0.343 e. The van der Waals surface area contributed by atoms with Gasteiger partial charge in [0.1, 0.15) is 0 Å². The molecular weight excluding hydrogens is 266 g/mol. The summed E-state index contributed by atoms with van der Waals surface area (Å²) in [6.07, 6.45) is 0. The Morgan fingerprint density at radius 1 is 1.24 bits per heavy atom. The van der Waals surface area contributed by atoms with E-state index in [9.17, 15) is 9.59 Å². The number of benzene rings is 1. The number of carbonyl (C=O) groups excluding carboxylic acids is 2. The van der Waals surface area contributed by atoms with Crippen LogP contribution in [0.4, 0.5) is 0 Å². The van der Waals surface area contributed by atoms with Crippen LogP contribution in [-0.2, 0) is 4.79 Å². The van der Waals surface area contributed by atoms with Gasteiger partial charge in [-0.1, -0.05) is 32.0 Å². The van der Waals surface area contributed by atoms with Crippen molar-refractivity contribution in [2.45, 2.75) is 20.8 Å². The Morgan fingerprint density at radius 2 is 1.86 bits per heavy atom. The van der Waals surface area contributed by atoms with E-state index in [1.807, 2.05) is 26.8 Å². The van der Waals surface area contributed by atoms with Crippen molar-refractivity contribution in [1.82, 2.24) is 10.2 Å². The first kappa shape index (κ1) is 17.2. The van der Waals surface area contributed by atoms with Crippen molar-refractivity contribution in [2.24, 2.45) is 11.1 Å². The third kappa shape index (κ3) is 5.55. The fourth-order valence-corrected chi connectivity index (χ4v) is 1.92. The van der Waals surface area contributed by atoms with Crippen molar-refractivity contribution in [1.29, 1.82) is 0 Å². The molecule has 1 rings (SSSR count). The second-order valence-electron chi connectivity index (χ2n) is 5.82. The average Bonchev–Trinajstić information content (AvgIpc) is 2.50. The first-order chi connectivity index (χ1) is 9.89. The van der Waals surface area contributed by atoms with Crippen LogP contribution < -0.4 is 11.1 Å². The molecule has 0 unspecified atom stereocenters. The minimum absolute atomic E-state index is 0.00220. The molecule has 3 N–H and O–H groups in total. The number of nitrogens with zero attached hydrogens (tertiary/aromatic N) is 1. The second-order valence-corrected chi connectivity index (χ2v) is 5.82. The standard InChI is InChI=1S/C16H25N3O2/c1-4-19(12-16(2,3)11-17)14(20)10-18-15(21)13-8-6-5-7-9-13/h5-9H,4,10-12,17H2,1-3H3,(H,18,21). The van der Waals surface area contributed by atoms with Crippen molar-refractivity contribution < 1.29 is 9.59 Å². The maximum atomic E-state index is 12.2. The Morgan fingerprint density at radius 3 is 2.38 bits per heavy atom. The van der Waals surface area contributed by atoms with Crippen molar-refractivity contribution in [3.05, 3.63) is 35.9 Å². The van der Waals surface area contributed by atoms with Gasteiger partial charge in [-0.2, -0.15) is 0 Å². The predicted octanol–water partition coefficient (Wildman–Crippen LogP) is 1.25. The van der Waals surface area contributed by atoms with Crippen LogP contribution in [0.25, 0.3) is 0 Å². The molecule has 0 heterocycles. The van der Waals surface area contributed by atoms with Crippen molar-refractivity contribution in [3.63, 3.8) is 0 Å². The lowest BCUT2D eigenvalue weighted by atomic mass is 9.93. The van der Waals surface area contributed by atoms with Crippen LogP contribution in [0, 0.1) is 5.41 Å². The topological polar surface area (TPSA) is 75.4 Å². The average molecular weight is 291 g/mol. The van der Waals surface area contributed by atoms with E-state index < -0.39 is 0 Å². The van der Waals surface area contributed by atoms with Gasteiger partial charge >= 0.3 is 0 Å². The summed E-state index contributed by atoms with van der Waals surface area (Å²) in [5.41, 5.74) is 6.12. The lowest BCUT2D eigenvalue weighted by Gasteiger charge is -2.31. The Balaban J connectivity index is 2.53. The molecule has 1 aromatic carbocycles. The zero-order chi connectivity index (χ0) is 15.9. The molecule has 0 aliphatic carbocycles. The van der Waals surface area contributed by atoms with Crippen LogP contribution in [0.2, 0.25) is 0 Å². The fourth-order valence-electron chi connectivity index (χ4n) is 1.92. The number of amides is 2. The van der Waals surface area contributed by atoms with Gasteiger partial charge in [-0.05, 0) is 31.0 Å². The van der Waals surface area contributed by atoms with Gasteiger partial charge in [-0.25, -0.2) is 0 Å². The van der Waals surface area contributed by atoms with Gasteiger partial charge in [0.05, 0.1) is 6.54 Å². The quantitative estimate of drug-likeness (QED) is 0.794. The van der Waals surface area contributed by atoms with E-state index in [0.29, 0.717) is 25.2 Å². The molecule has 5 heteroatoms. The van der Waals surface area contributed by atoms with E-state index >= 15 is 0 Å².